The summed E-state index contributed by atoms with van der Waals surface area (Å²) >= 11 is 0. The van der Waals surface area contributed by atoms with Gasteiger partial charge in [0.2, 0.25) is 15.9 Å². The third-order valence-corrected chi connectivity index (χ3v) is 9.03. The minimum atomic E-state index is -3.65. The van der Waals surface area contributed by atoms with Crippen molar-refractivity contribution in [2.75, 3.05) is 18.4 Å². The fraction of sp³-hybridized carbons (Fsp3) is 0.385. The van der Waals surface area contributed by atoms with Gasteiger partial charge in [-0.25, -0.2) is 13.1 Å². The van der Waals surface area contributed by atoms with Crippen LogP contribution in [0.15, 0.2) is 52.2 Å². The van der Waals surface area contributed by atoms with Gasteiger partial charge in [-0.3, -0.25) is 14.3 Å². The fourth-order valence-electron chi connectivity index (χ4n) is 5.00. The van der Waals surface area contributed by atoms with Crippen molar-refractivity contribution in [3.63, 3.8) is 0 Å². The Morgan fingerprint density at radius 3 is 2.11 bits per heavy atom. The van der Waals surface area contributed by atoms with Crippen molar-refractivity contribution in [3.05, 3.63) is 75.2 Å². The summed E-state index contributed by atoms with van der Waals surface area (Å²) in [6.45, 7) is 7.89. The molecular weight excluding hydrogens is 464 g/mol. The Morgan fingerprint density at radius 2 is 1.54 bits per heavy atom. The Hall–Kier alpha value is -3.17. The highest BCUT2D eigenvalue weighted by atomic mass is 32.2. The molecule has 0 radical (unpaired) electrons. The summed E-state index contributed by atoms with van der Waals surface area (Å²) < 4.78 is 31.4. The molecule has 0 atom stereocenters. The predicted octanol–water partition coefficient (Wildman–Crippen LogP) is 3.45. The van der Waals surface area contributed by atoms with Crippen LogP contribution < -0.4 is 10.9 Å². The van der Waals surface area contributed by atoms with E-state index < -0.39 is 10.0 Å². The van der Waals surface area contributed by atoms with Gasteiger partial charge in [-0.2, -0.15) is 4.31 Å². The van der Waals surface area contributed by atoms with Crippen molar-refractivity contribution in [2.45, 2.75) is 45.4 Å². The van der Waals surface area contributed by atoms with Gasteiger partial charge < -0.3 is 5.32 Å². The molecule has 1 aromatic heterocycles. The van der Waals surface area contributed by atoms with Gasteiger partial charge in [0.05, 0.1) is 16.3 Å². The molecule has 1 saturated heterocycles. The molecule has 1 fully saturated rings. The highest BCUT2D eigenvalue weighted by Gasteiger charge is 2.34. The Kier molecular flexibility index (Phi) is 6.75. The van der Waals surface area contributed by atoms with Crippen LogP contribution in [0.5, 0.6) is 0 Å². The van der Waals surface area contributed by atoms with Crippen LogP contribution >= 0.6 is 0 Å². The van der Waals surface area contributed by atoms with Crippen molar-refractivity contribution in [2.24, 2.45) is 13.0 Å². The number of anilines is 1. The van der Waals surface area contributed by atoms with Gasteiger partial charge in [-0.05, 0) is 63.8 Å². The first kappa shape index (κ1) is 24.9. The first-order valence-electron chi connectivity index (χ1n) is 11.7. The van der Waals surface area contributed by atoms with Gasteiger partial charge in [-0.1, -0.05) is 35.9 Å². The van der Waals surface area contributed by atoms with E-state index in [-0.39, 0.29) is 36.2 Å². The molecule has 35 heavy (non-hydrogen) atoms. The van der Waals surface area contributed by atoms with Crippen molar-refractivity contribution < 1.29 is 13.2 Å². The third-order valence-electron chi connectivity index (χ3n) is 6.83. The van der Waals surface area contributed by atoms with Crippen molar-refractivity contribution in [1.29, 1.82) is 0 Å². The molecule has 1 N–H and O–H groups in total. The molecule has 9 heteroatoms. The molecule has 0 bridgehead atoms. The van der Waals surface area contributed by atoms with Gasteiger partial charge in [0, 0.05) is 26.1 Å². The van der Waals surface area contributed by atoms with Crippen LogP contribution in [-0.2, 0) is 21.9 Å². The predicted molar refractivity (Wildman–Crippen MR) is 137 cm³/mol. The lowest BCUT2D eigenvalue weighted by Gasteiger charge is -2.31. The van der Waals surface area contributed by atoms with E-state index in [1.807, 2.05) is 63.2 Å². The topological polar surface area (TPSA) is 93.4 Å². The van der Waals surface area contributed by atoms with Crippen molar-refractivity contribution >= 4 is 21.6 Å². The summed E-state index contributed by atoms with van der Waals surface area (Å²) in [5.74, 6) is -0.624. The van der Waals surface area contributed by atoms with Crippen LogP contribution in [0.2, 0.25) is 0 Å². The summed E-state index contributed by atoms with van der Waals surface area (Å²) in [6, 6.07) is 13.0. The first-order valence-corrected chi connectivity index (χ1v) is 13.2. The highest BCUT2D eigenvalue weighted by Crippen LogP contribution is 2.29. The van der Waals surface area contributed by atoms with E-state index in [9.17, 15) is 18.0 Å². The average Bonchev–Trinajstić information content (AvgIpc) is 3.01. The molecule has 2 aromatic carbocycles. The monoisotopic (exact) mass is 496 g/mol. The summed E-state index contributed by atoms with van der Waals surface area (Å²) in [6.07, 6.45) is 0.793. The molecule has 1 aliphatic heterocycles. The summed E-state index contributed by atoms with van der Waals surface area (Å²) in [5.41, 5.74) is 3.81. The van der Waals surface area contributed by atoms with Crippen molar-refractivity contribution in [1.82, 2.24) is 13.7 Å². The van der Waals surface area contributed by atoms with Crippen LogP contribution in [0.25, 0.3) is 5.69 Å². The minimum absolute atomic E-state index is 0.252. The lowest BCUT2D eigenvalue weighted by molar-refractivity contribution is -0.120. The Labute approximate surface area is 206 Å². The zero-order chi connectivity index (χ0) is 25.5. The number of carbonyl (C=O) groups is 1. The number of rotatable bonds is 5. The standard InChI is InChI=1S/C26H32N4O4S/c1-17-15-18(2)24(19(3)16-17)35(33,34)29-13-11-21(12-14-29)25(31)27-23-20(4)28(5)30(26(23)32)22-9-7-6-8-10-22/h6-10,15-16,21H,11-14H2,1-5H3,(H,27,31). The number of hydrogen-bond donors (Lipinski definition) is 1. The largest absolute Gasteiger partial charge is 0.320 e. The van der Waals surface area contributed by atoms with Crippen molar-refractivity contribution in [3.8, 4) is 5.69 Å². The van der Waals surface area contributed by atoms with E-state index in [0.717, 1.165) is 16.7 Å². The molecule has 4 rings (SSSR count). The maximum absolute atomic E-state index is 13.4. The molecule has 8 nitrogen and oxygen atoms in total. The van der Waals surface area contributed by atoms with E-state index >= 15 is 0 Å². The second-order valence-corrected chi connectivity index (χ2v) is 11.2. The minimum Gasteiger partial charge on any atom is -0.320 e. The van der Waals surface area contributed by atoms with Gasteiger partial charge >= 0.3 is 0 Å². The quantitative estimate of drug-likeness (QED) is 0.586. The van der Waals surface area contributed by atoms with Crippen LogP contribution in [-0.4, -0.2) is 41.1 Å². The zero-order valence-corrected chi connectivity index (χ0v) is 21.6. The summed E-state index contributed by atoms with van der Waals surface area (Å²) in [4.78, 5) is 26.5. The molecule has 1 amide bonds. The van der Waals surface area contributed by atoms with Gasteiger partial charge in [0.25, 0.3) is 5.56 Å². The van der Waals surface area contributed by atoms with Crippen LogP contribution in [0.3, 0.4) is 0 Å². The third kappa shape index (κ3) is 4.58. The average molecular weight is 497 g/mol. The SMILES string of the molecule is Cc1cc(C)c(S(=O)(=O)N2CCC(C(=O)Nc3c(C)n(C)n(-c4ccccc4)c3=O)CC2)c(C)c1. The molecule has 0 unspecified atom stereocenters. The molecule has 0 spiro atoms. The number of para-hydroxylation sites is 1. The Balaban J connectivity index is 1.49. The van der Waals surface area contributed by atoms with E-state index in [2.05, 4.69) is 5.32 Å². The number of nitrogens with zero attached hydrogens (tertiary/aromatic N) is 3. The summed E-state index contributed by atoms with van der Waals surface area (Å²) in [5, 5.41) is 2.83. The second kappa shape index (κ2) is 9.47. The number of aryl methyl sites for hydroxylation is 3. The number of carbonyl (C=O) groups excluding carboxylic acids is 1. The number of piperidine rings is 1. The first-order chi connectivity index (χ1) is 16.5. The maximum Gasteiger partial charge on any atom is 0.295 e. The molecule has 1 aliphatic rings. The number of sulfonamides is 1. The number of benzene rings is 2. The number of nitrogens with one attached hydrogen (secondary N) is 1. The zero-order valence-electron chi connectivity index (χ0n) is 20.8. The summed E-state index contributed by atoms with van der Waals surface area (Å²) in [7, 11) is -1.87. The lowest BCUT2D eigenvalue weighted by atomic mass is 9.97. The molecule has 186 valence electrons. The Morgan fingerprint density at radius 1 is 0.971 bits per heavy atom. The van der Waals surface area contributed by atoms with E-state index in [1.165, 1.54) is 8.99 Å². The molecule has 0 aliphatic carbocycles. The number of amides is 1. The lowest BCUT2D eigenvalue weighted by Crippen LogP contribution is -2.42. The van der Waals surface area contributed by atoms with E-state index in [0.29, 0.717) is 29.1 Å². The van der Waals surface area contributed by atoms with Gasteiger partial charge in [0.15, 0.2) is 0 Å². The highest BCUT2D eigenvalue weighted by molar-refractivity contribution is 7.89. The number of aromatic nitrogens is 2. The van der Waals surface area contributed by atoms with E-state index in [4.69, 9.17) is 0 Å². The fourth-order valence-corrected chi connectivity index (χ4v) is 6.88. The molecule has 3 aromatic rings. The van der Waals surface area contributed by atoms with E-state index in [1.54, 1.807) is 18.7 Å². The van der Waals surface area contributed by atoms with Crippen LogP contribution in [0.1, 0.15) is 35.2 Å². The molecule has 0 saturated carbocycles. The maximum atomic E-state index is 13.4. The number of hydrogen-bond acceptors (Lipinski definition) is 4. The molecule has 2 heterocycles. The van der Waals surface area contributed by atoms with Gasteiger partial charge in [-0.15, -0.1) is 0 Å². The normalized spacial score (nSPS) is 15.3. The second-order valence-electron chi connectivity index (χ2n) is 9.33. The van der Waals surface area contributed by atoms with Crippen LogP contribution in [0.4, 0.5) is 5.69 Å². The van der Waals surface area contributed by atoms with Gasteiger partial charge in [0.1, 0.15) is 5.69 Å². The molecular formula is C26H32N4O4S. The Bertz CT molecular complexity index is 1410. The smallest absolute Gasteiger partial charge is 0.295 e. The van der Waals surface area contributed by atoms with Crippen LogP contribution in [0, 0.1) is 33.6 Å².